The van der Waals surface area contributed by atoms with Gasteiger partial charge >= 0.3 is 0 Å². The van der Waals surface area contributed by atoms with Crippen LogP contribution in [0.2, 0.25) is 0 Å². The number of halogens is 3. The topological polar surface area (TPSA) is 12.0 Å². The lowest BCUT2D eigenvalue weighted by Gasteiger charge is -2.16. The highest BCUT2D eigenvalue weighted by Crippen LogP contribution is 2.25. The quantitative estimate of drug-likeness (QED) is 0.747. The van der Waals surface area contributed by atoms with Crippen LogP contribution in [0.5, 0.6) is 0 Å². The molecule has 0 aliphatic heterocycles. The van der Waals surface area contributed by atoms with E-state index in [1.54, 1.807) is 12.1 Å². The summed E-state index contributed by atoms with van der Waals surface area (Å²) in [7, 11) is 0. The fraction of sp³-hybridized carbons (Fsp3) is 0.143. The SMILES string of the molecule is CC(Nc1ccc(Br)cc1)c1cc(Br)ccc1F. The van der Waals surface area contributed by atoms with Crippen molar-refractivity contribution in [2.75, 3.05) is 5.32 Å². The van der Waals surface area contributed by atoms with E-state index in [4.69, 9.17) is 0 Å². The van der Waals surface area contributed by atoms with Crippen molar-refractivity contribution in [3.8, 4) is 0 Å². The minimum Gasteiger partial charge on any atom is -0.378 e. The van der Waals surface area contributed by atoms with Crippen molar-refractivity contribution >= 4 is 37.5 Å². The van der Waals surface area contributed by atoms with Gasteiger partial charge in [0.2, 0.25) is 0 Å². The maximum Gasteiger partial charge on any atom is 0.128 e. The first kappa shape index (κ1) is 13.6. The lowest BCUT2D eigenvalue weighted by molar-refractivity contribution is 0.600. The van der Waals surface area contributed by atoms with Gasteiger partial charge in [-0.1, -0.05) is 31.9 Å². The number of anilines is 1. The Morgan fingerprint density at radius 1 is 1.00 bits per heavy atom. The molecule has 0 saturated carbocycles. The van der Waals surface area contributed by atoms with Gasteiger partial charge in [0, 0.05) is 20.2 Å². The Labute approximate surface area is 123 Å². The number of benzene rings is 2. The highest BCUT2D eigenvalue weighted by molar-refractivity contribution is 9.10. The van der Waals surface area contributed by atoms with Crippen molar-refractivity contribution in [2.45, 2.75) is 13.0 Å². The standard InChI is InChI=1S/C14H12Br2FN/c1-9(13-8-11(16)4-7-14(13)17)18-12-5-2-10(15)3-6-12/h2-9,18H,1H3. The van der Waals surface area contributed by atoms with Gasteiger partial charge in [-0.05, 0) is 49.4 Å². The molecule has 2 rings (SSSR count). The summed E-state index contributed by atoms with van der Waals surface area (Å²) in [6.07, 6.45) is 0. The molecule has 0 saturated heterocycles. The number of nitrogens with one attached hydrogen (secondary N) is 1. The van der Waals surface area contributed by atoms with E-state index in [-0.39, 0.29) is 11.9 Å². The second-order valence-corrected chi connectivity index (χ2v) is 5.87. The molecular weight excluding hydrogens is 361 g/mol. The predicted octanol–water partition coefficient (Wildman–Crippen LogP) is 5.52. The molecule has 0 heterocycles. The first-order chi connectivity index (χ1) is 8.56. The van der Waals surface area contributed by atoms with Crippen LogP contribution in [0.15, 0.2) is 51.4 Å². The van der Waals surface area contributed by atoms with Gasteiger partial charge in [-0.3, -0.25) is 0 Å². The summed E-state index contributed by atoms with van der Waals surface area (Å²) in [5.74, 6) is -0.199. The van der Waals surface area contributed by atoms with Crippen molar-refractivity contribution in [1.82, 2.24) is 0 Å². The van der Waals surface area contributed by atoms with Gasteiger partial charge in [0.05, 0.1) is 6.04 Å². The van der Waals surface area contributed by atoms with Crippen molar-refractivity contribution in [2.24, 2.45) is 0 Å². The molecule has 18 heavy (non-hydrogen) atoms. The minimum atomic E-state index is -0.199. The van der Waals surface area contributed by atoms with Gasteiger partial charge in [-0.15, -0.1) is 0 Å². The Bertz CT molecular complexity index is 540. The van der Waals surface area contributed by atoms with E-state index in [1.807, 2.05) is 31.2 Å². The van der Waals surface area contributed by atoms with Crippen molar-refractivity contribution in [1.29, 1.82) is 0 Å². The summed E-state index contributed by atoms with van der Waals surface area (Å²) in [5.41, 5.74) is 1.61. The Hall–Kier alpha value is -0.870. The average Bonchev–Trinajstić information content (AvgIpc) is 2.35. The van der Waals surface area contributed by atoms with Crippen LogP contribution >= 0.6 is 31.9 Å². The smallest absolute Gasteiger partial charge is 0.128 e. The molecule has 0 aliphatic rings. The summed E-state index contributed by atoms with van der Waals surface area (Å²) in [6.45, 7) is 1.94. The molecule has 1 N–H and O–H groups in total. The number of hydrogen-bond donors (Lipinski definition) is 1. The highest BCUT2D eigenvalue weighted by Gasteiger charge is 2.11. The van der Waals surface area contributed by atoms with Gasteiger partial charge < -0.3 is 5.32 Å². The van der Waals surface area contributed by atoms with Crippen LogP contribution in [0.4, 0.5) is 10.1 Å². The molecule has 4 heteroatoms. The third-order valence-electron chi connectivity index (χ3n) is 2.65. The molecular formula is C14H12Br2FN. The first-order valence-corrected chi connectivity index (χ1v) is 7.12. The van der Waals surface area contributed by atoms with Crippen LogP contribution in [0.1, 0.15) is 18.5 Å². The van der Waals surface area contributed by atoms with Crippen LogP contribution in [-0.4, -0.2) is 0 Å². The molecule has 0 aliphatic carbocycles. The summed E-state index contributed by atoms with van der Waals surface area (Å²) in [5, 5.41) is 3.27. The third-order valence-corrected chi connectivity index (χ3v) is 3.67. The van der Waals surface area contributed by atoms with Crippen LogP contribution in [0, 0.1) is 5.82 Å². The zero-order valence-electron chi connectivity index (χ0n) is 9.75. The molecule has 0 amide bonds. The Kier molecular flexibility index (Phi) is 4.40. The third kappa shape index (κ3) is 3.33. The monoisotopic (exact) mass is 371 g/mol. The van der Waals surface area contributed by atoms with Gasteiger partial charge in [0.15, 0.2) is 0 Å². The molecule has 1 atom stereocenters. The molecule has 0 bridgehead atoms. The van der Waals surface area contributed by atoms with E-state index in [1.165, 1.54) is 6.07 Å². The van der Waals surface area contributed by atoms with Crippen LogP contribution < -0.4 is 5.32 Å². The summed E-state index contributed by atoms with van der Waals surface area (Å²) in [6, 6.07) is 12.7. The van der Waals surface area contributed by atoms with Crippen molar-refractivity contribution in [3.05, 3.63) is 62.8 Å². The Morgan fingerprint density at radius 2 is 1.61 bits per heavy atom. The second kappa shape index (κ2) is 5.85. The molecule has 2 aromatic rings. The Morgan fingerprint density at radius 3 is 2.28 bits per heavy atom. The fourth-order valence-corrected chi connectivity index (χ4v) is 2.36. The largest absolute Gasteiger partial charge is 0.378 e. The fourth-order valence-electron chi connectivity index (χ4n) is 1.72. The molecule has 0 spiro atoms. The molecule has 0 fully saturated rings. The Balaban J connectivity index is 2.18. The predicted molar refractivity (Wildman–Crippen MR) is 80.3 cm³/mol. The summed E-state index contributed by atoms with van der Waals surface area (Å²) >= 11 is 6.74. The van der Waals surface area contributed by atoms with Crippen molar-refractivity contribution in [3.63, 3.8) is 0 Å². The summed E-state index contributed by atoms with van der Waals surface area (Å²) in [4.78, 5) is 0. The normalized spacial score (nSPS) is 12.2. The zero-order valence-corrected chi connectivity index (χ0v) is 12.9. The van der Waals surface area contributed by atoms with Gasteiger partial charge in [-0.2, -0.15) is 0 Å². The van der Waals surface area contributed by atoms with E-state index in [2.05, 4.69) is 37.2 Å². The second-order valence-electron chi connectivity index (χ2n) is 4.04. The van der Waals surface area contributed by atoms with Crippen LogP contribution in [0.25, 0.3) is 0 Å². The lowest BCUT2D eigenvalue weighted by Crippen LogP contribution is -2.08. The molecule has 1 unspecified atom stereocenters. The number of rotatable bonds is 3. The maximum atomic E-state index is 13.7. The van der Waals surface area contributed by atoms with Crippen LogP contribution in [0.3, 0.4) is 0 Å². The maximum absolute atomic E-state index is 13.7. The van der Waals surface area contributed by atoms with E-state index < -0.39 is 0 Å². The molecule has 94 valence electrons. The molecule has 2 aromatic carbocycles. The van der Waals surface area contributed by atoms with Crippen LogP contribution in [-0.2, 0) is 0 Å². The highest BCUT2D eigenvalue weighted by atomic mass is 79.9. The molecule has 0 aromatic heterocycles. The van der Waals surface area contributed by atoms with E-state index >= 15 is 0 Å². The van der Waals surface area contributed by atoms with Crippen molar-refractivity contribution < 1.29 is 4.39 Å². The van der Waals surface area contributed by atoms with E-state index in [0.717, 1.165) is 14.6 Å². The van der Waals surface area contributed by atoms with E-state index in [9.17, 15) is 4.39 Å². The molecule has 0 radical (unpaired) electrons. The first-order valence-electron chi connectivity index (χ1n) is 5.53. The zero-order chi connectivity index (χ0) is 13.1. The van der Waals surface area contributed by atoms with Gasteiger partial charge in [0.25, 0.3) is 0 Å². The summed E-state index contributed by atoms with van der Waals surface area (Å²) < 4.78 is 15.6. The number of hydrogen-bond acceptors (Lipinski definition) is 1. The van der Waals surface area contributed by atoms with E-state index in [0.29, 0.717) is 5.56 Å². The lowest BCUT2D eigenvalue weighted by atomic mass is 10.1. The van der Waals surface area contributed by atoms with Gasteiger partial charge in [-0.25, -0.2) is 4.39 Å². The average molecular weight is 373 g/mol. The minimum absolute atomic E-state index is 0.0938. The molecule has 1 nitrogen and oxygen atoms in total. The van der Waals surface area contributed by atoms with Gasteiger partial charge in [0.1, 0.15) is 5.82 Å².